The number of nitrogen functional groups attached to an aromatic ring is 1. The molecule has 1 unspecified atom stereocenters. The second-order valence-corrected chi connectivity index (χ2v) is 4.36. The van der Waals surface area contributed by atoms with E-state index in [9.17, 15) is 0 Å². The number of aliphatic hydroxyl groups excluding tert-OH is 1. The molecule has 1 rings (SSSR count). The Morgan fingerprint density at radius 2 is 2.50 bits per heavy atom. The summed E-state index contributed by atoms with van der Waals surface area (Å²) in [7, 11) is 0. The maximum atomic E-state index is 8.90. The Kier molecular flexibility index (Phi) is 3.91. The van der Waals surface area contributed by atoms with Gasteiger partial charge >= 0.3 is 0 Å². The van der Waals surface area contributed by atoms with E-state index < -0.39 is 0 Å². The molecule has 0 aliphatic heterocycles. The van der Waals surface area contributed by atoms with Crippen LogP contribution in [0.4, 0.5) is 0 Å². The average molecular weight is 211 g/mol. The van der Waals surface area contributed by atoms with Crippen molar-refractivity contribution < 1.29 is 5.11 Å². The van der Waals surface area contributed by atoms with E-state index in [0.717, 1.165) is 4.90 Å². The van der Waals surface area contributed by atoms with Crippen LogP contribution in [-0.2, 0) is 0 Å². The third-order valence-electron chi connectivity index (χ3n) is 1.61. The van der Waals surface area contributed by atoms with E-state index in [-0.39, 0.29) is 17.7 Å². The summed E-state index contributed by atoms with van der Waals surface area (Å²) in [6.45, 7) is 2.00. The van der Waals surface area contributed by atoms with Gasteiger partial charge in [0.2, 0.25) is 0 Å². The summed E-state index contributed by atoms with van der Waals surface area (Å²) in [4.78, 5) is 4.85. The first-order chi connectivity index (χ1) is 6.65. The van der Waals surface area contributed by atoms with E-state index in [0.29, 0.717) is 5.69 Å². The zero-order chi connectivity index (χ0) is 10.6. The molecule has 0 radical (unpaired) electrons. The lowest BCUT2D eigenvalue weighted by molar-refractivity contribution is 0.300. The fourth-order valence-corrected chi connectivity index (χ4v) is 1.88. The molecular formula is C9H13N3OS. The van der Waals surface area contributed by atoms with Crippen LogP contribution in [0.15, 0.2) is 23.2 Å². The van der Waals surface area contributed by atoms with E-state index in [1.54, 1.807) is 12.3 Å². The molecular weight excluding hydrogens is 198 g/mol. The average Bonchev–Trinajstić information content (AvgIpc) is 2.18. The molecule has 1 atom stereocenters. The Bertz CT molecular complexity index is 330. The van der Waals surface area contributed by atoms with Gasteiger partial charge in [-0.2, -0.15) is 0 Å². The minimum absolute atomic E-state index is 0.0433. The van der Waals surface area contributed by atoms with E-state index >= 15 is 0 Å². The van der Waals surface area contributed by atoms with Gasteiger partial charge in [-0.25, -0.2) is 0 Å². The van der Waals surface area contributed by atoms with Crippen LogP contribution in [0.5, 0.6) is 0 Å². The maximum absolute atomic E-state index is 8.90. The number of hydrogen-bond acceptors (Lipinski definition) is 4. The van der Waals surface area contributed by atoms with Crippen LogP contribution in [0.2, 0.25) is 0 Å². The summed E-state index contributed by atoms with van der Waals surface area (Å²) in [5.74, 6) is -0.0433. The van der Waals surface area contributed by atoms with E-state index in [1.165, 1.54) is 11.8 Å². The highest BCUT2D eigenvalue weighted by Gasteiger charge is 2.09. The molecule has 4 nitrogen and oxygen atoms in total. The van der Waals surface area contributed by atoms with Crippen molar-refractivity contribution in [2.75, 3.05) is 6.61 Å². The summed E-state index contributed by atoms with van der Waals surface area (Å²) < 4.78 is 0. The van der Waals surface area contributed by atoms with Crippen molar-refractivity contribution >= 4 is 17.6 Å². The zero-order valence-electron chi connectivity index (χ0n) is 7.90. The van der Waals surface area contributed by atoms with Crippen molar-refractivity contribution in [1.82, 2.24) is 4.98 Å². The van der Waals surface area contributed by atoms with Crippen molar-refractivity contribution in [2.24, 2.45) is 5.73 Å². The first-order valence-electron chi connectivity index (χ1n) is 4.22. The van der Waals surface area contributed by atoms with Gasteiger partial charge in [-0.3, -0.25) is 10.4 Å². The molecule has 4 N–H and O–H groups in total. The van der Waals surface area contributed by atoms with Gasteiger partial charge in [0.15, 0.2) is 0 Å². The Morgan fingerprint density at radius 1 is 1.79 bits per heavy atom. The van der Waals surface area contributed by atoms with Crippen molar-refractivity contribution in [3.8, 4) is 0 Å². The lowest BCUT2D eigenvalue weighted by atomic mass is 10.3. The van der Waals surface area contributed by atoms with Crippen molar-refractivity contribution in [2.45, 2.75) is 17.1 Å². The van der Waals surface area contributed by atoms with Crippen LogP contribution in [0.3, 0.4) is 0 Å². The smallest absolute Gasteiger partial charge is 0.142 e. The molecule has 1 aromatic heterocycles. The summed E-state index contributed by atoms with van der Waals surface area (Å²) in [5.41, 5.74) is 5.86. The normalized spacial score (nSPS) is 12.4. The van der Waals surface area contributed by atoms with Crippen LogP contribution in [0, 0.1) is 5.41 Å². The minimum atomic E-state index is -0.0433. The summed E-state index contributed by atoms with van der Waals surface area (Å²) in [6, 6.07) is 3.64. The molecule has 0 saturated heterocycles. The molecule has 0 spiro atoms. The van der Waals surface area contributed by atoms with Crippen molar-refractivity contribution in [3.05, 3.63) is 24.0 Å². The van der Waals surface area contributed by atoms with Crippen LogP contribution in [0.1, 0.15) is 12.6 Å². The fourth-order valence-electron chi connectivity index (χ4n) is 0.942. The third kappa shape index (κ3) is 2.71. The summed E-state index contributed by atoms with van der Waals surface area (Å²) in [6.07, 6.45) is 1.60. The predicted octanol–water partition coefficient (Wildman–Crippen LogP) is 0.839. The summed E-state index contributed by atoms with van der Waals surface area (Å²) in [5, 5.41) is 16.3. The zero-order valence-corrected chi connectivity index (χ0v) is 8.71. The number of hydrogen-bond donors (Lipinski definition) is 3. The van der Waals surface area contributed by atoms with Gasteiger partial charge in [0.25, 0.3) is 0 Å². The number of amidine groups is 1. The highest BCUT2D eigenvalue weighted by molar-refractivity contribution is 8.00. The standard InChI is InChI=1S/C9H13N3OS/c1-6(5-13)14-7-3-2-4-12-8(7)9(10)11/h2-4,6,13H,5H2,1H3,(H3,10,11). The van der Waals surface area contributed by atoms with Crippen molar-refractivity contribution in [1.29, 1.82) is 5.41 Å². The van der Waals surface area contributed by atoms with Crippen molar-refractivity contribution in [3.63, 3.8) is 0 Å². The first-order valence-corrected chi connectivity index (χ1v) is 5.10. The van der Waals surface area contributed by atoms with Gasteiger partial charge in [0, 0.05) is 16.3 Å². The van der Waals surface area contributed by atoms with E-state index in [1.807, 2.05) is 13.0 Å². The Morgan fingerprint density at radius 3 is 3.07 bits per heavy atom. The summed E-state index contributed by atoms with van der Waals surface area (Å²) >= 11 is 1.47. The second kappa shape index (κ2) is 4.97. The Labute approximate surface area is 87.1 Å². The SMILES string of the molecule is CC(CO)Sc1cccnc1C(=N)N. The molecule has 0 aliphatic rings. The van der Waals surface area contributed by atoms with Gasteiger partial charge < -0.3 is 10.8 Å². The number of nitrogens with zero attached hydrogens (tertiary/aromatic N) is 1. The number of nitrogens with two attached hydrogens (primary N) is 1. The van der Waals surface area contributed by atoms with E-state index in [2.05, 4.69) is 4.98 Å². The van der Waals surface area contributed by atoms with Crippen LogP contribution in [0.25, 0.3) is 0 Å². The van der Waals surface area contributed by atoms with Gasteiger partial charge in [-0.15, -0.1) is 11.8 Å². The molecule has 0 fully saturated rings. The molecule has 5 heteroatoms. The number of rotatable bonds is 4. The predicted molar refractivity (Wildman–Crippen MR) is 57.7 cm³/mol. The number of pyridine rings is 1. The largest absolute Gasteiger partial charge is 0.395 e. The lowest BCUT2D eigenvalue weighted by Gasteiger charge is -2.10. The number of aromatic nitrogens is 1. The molecule has 0 bridgehead atoms. The second-order valence-electron chi connectivity index (χ2n) is 2.87. The molecule has 76 valence electrons. The van der Waals surface area contributed by atoms with Crippen LogP contribution in [-0.4, -0.2) is 27.8 Å². The van der Waals surface area contributed by atoms with Gasteiger partial charge in [-0.05, 0) is 12.1 Å². The molecule has 1 aromatic rings. The molecule has 0 aromatic carbocycles. The minimum Gasteiger partial charge on any atom is -0.395 e. The highest BCUT2D eigenvalue weighted by Crippen LogP contribution is 2.24. The topological polar surface area (TPSA) is 83.0 Å². The molecule has 0 amide bonds. The van der Waals surface area contributed by atoms with Gasteiger partial charge in [-0.1, -0.05) is 6.92 Å². The fraction of sp³-hybridized carbons (Fsp3) is 0.333. The number of thioether (sulfide) groups is 1. The Hall–Kier alpha value is -1.07. The lowest BCUT2D eigenvalue weighted by Crippen LogP contribution is -2.15. The van der Waals surface area contributed by atoms with Crippen LogP contribution >= 0.6 is 11.8 Å². The number of aliphatic hydroxyl groups is 1. The molecule has 0 saturated carbocycles. The van der Waals surface area contributed by atoms with Crippen LogP contribution < -0.4 is 5.73 Å². The first kappa shape index (κ1) is 11.0. The Balaban J connectivity index is 2.90. The monoisotopic (exact) mass is 211 g/mol. The highest BCUT2D eigenvalue weighted by atomic mass is 32.2. The molecule has 1 heterocycles. The molecule has 0 aliphatic carbocycles. The third-order valence-corrected chi connectivity index (χ3v) is 2.75. The van der Waals surface area contributed by atoms with E-state index in [4.69, 9.17) is 16.2 Å². The van der Waals surface area contributed by atoms with Gasteiger partial charge in [0.05, 0.1) is 6.61 Å². The van der Waals surface area contributed by atoms with Gasteiger partial charge in [0.1, 0.15) is 11.5 Å². The molecule has 14 heavy (non-hydrogen) atoms. The maximum Gasteiger partial charge on any atom is 0.142 e. The quantitative estimate of drug-likeness (QED) is 0.391. The number of nitrogens with one attached hydrogen (secondary N) is 1.